The Balaban J connectivity index is 1.69. The number of imidazole rings is 1. The van der Waals surface area contributed by atoms with Gasteiger partial charge in [-0.1, -0.05) is 6.07 Å². The maximum absolute atomic E-state index is 12.1. The highest BCUT2D eigenvalue weighted by Crippen LogP contribution is 2.20. The van der Waals surface area contributed by atoms with Crippen LogP contribution in [-0.4, -0.2) is 15.5 Å². The second kappa shape index (κ2) is 5.80. The zero-order chi connectivity index (χ0) is 14.7. The molecule has 0 atom stereocenters. The zero-order valence-corrected chi connectivity index (χ0v) is 11.7. The second-order valence-electron chi connectivity index (χ2n) is 5.21. The van der Waals surface area contributed by atoms with Gasteiger partial charge in [-0.05, 0) is 43.9 Å². The maximum Gasteiger partial charge on any atom is 0.244 e. The summed E-state index contributed by atoms with van der Waals surface area (Å²) in [6.07, 6.45) is 6.09. The molecule has 1 aliphatic carbocycles. The summed E-state index contributed by atoms with van der Waals surface area (Å²) in [7, 11) is 0. The number of aryl methyl sites for hydroxylation is 1. The fourth-order valence-electron chi connectivity index (χ4n) is 2.69. The summed E-state index contributed by atoms with van der Waals surface area (Å²) in [4.78, 5) is 16.5. The van der Waals surface area contributed by atoms with Crippen LogP contribution >= 0.6 is 0 Å². The molecule has 0 saturated heterocycles. The molecule has 1 N–H and O–H groups in total. The molecule has 0 spiro atoms. The molecule has 1 aromatic heterocycles. The molecule has 106 valence electrons. The van der Waals surface area contributed by atoms with Crippen LogP contribution in [0.5, 0.6) is 0 Å². The van der Waals surface area contributed by atoms with Gasteiger partial charge in [-0.2, -0.15) is 5.26 Å². The number of anilines is 1. The monoisotopic (exact) mass is 280 g/mol. The molecule has 0 unspecified atom stereocenters. The van der Waals surface area contributed by atoms with E-state index in [1.54, 1.807) is 30.6 Å². The van der Waals surface area contributed by atoms with Gasteiger partial charge in [-0.15, -0.1) is 0 Å². The van der Waals surface area contributed by atoms with E-state index >= 15 is 0 Å². The minimum atomic E-state index is -0.101. The molecule has 2 aromatic rings. The van der Waals surface area contributed by atoms with Gasteiger partial charge in [0, 0.05) is 11.4 Å². The van der Waals surface area contributed by atoms with E-state index in [1.165, 1.54) is 12.1 Å². The lowest BCUT2D eigenvalue weighted by atomic mass is 10.0. The number of rotatable bonds is 3. The molecular weight excluding hydrogens is 264 g/mol. The van der Waals surface area contributed by atoms with Crippen LogP contribution in [0.1, 0.15) is 29.8 Å². The molecule has 5 heteroatoms. The third kappa shape index (κ3) is 2.95. The summed E-state index contributed by atoms with van der Waals surface area (Å²) in [6, 6.07) is 8.98. The molecule has 1 aliphatic rings. The number of hydrogen-bond donors (Lipinski definition) is 1. The number of nitrogens with one attached hydrogen (secondary N) is 1. The summed E-state index contributed by atoms with van der Waals surface area (Å²) in [6.45, 7) is 0.263. The van der Waals surface area contributed by atoms with E-state index in [4.69, 9.17) is 5.26 Å². The second-order valence-corrected chi connectivity index (χ2v) is 5.21. The van der Waals surface area contributed by atoms with Crippen molar-refractivity contribution in [1.29, 1.82) is 5.26 Å². The molecule has 5 nitrogen and oxygen atoms in total. The largest absolute Gasteiger partial charge is 0.325 e. The lowest BCUT2D eigenvalue weighted by molar-refractivity contribution is -0.116. The van der Waals surface area contributed by atoms with Gasteiger partial charge in [-0.25, -0.2) is 4.98 Å². The van der Waals surface area contributed by atoms with Gasteiger partial charge in [0.2, 0.25) is 5.91 Å². The van der Waals surface area contributed by atoms with Crippen molar-refractivity contribution in [3.8, 4) is 6.07 Å². The van der Waals surface area contributed by atoms with Gasteiger partial charge in [-0.3, -0.25) is 4.79 Å². The van der Waals surface area contributed by atoms with Crippen molar-refractivity contribution >= 4 is 11.6 Å². The van der Waals surface area contributed by atoms with Gasteiger partial charge in [0.15, 0.2) is 0 Å². The number of carbonyl (C=O) groups excluding carboxylic acids is 1. The molecule has 0 bridgehead atoms. The third-order valence-corrected chi connectivity index (χ3v) is 3.70. The van der Waals surface area contributed by atoms with Crippen molar-refractivity contribution in [2.75, 3.05) is 5.32 Å². The first-order valence-corrected chi connectivity index (χ1v) is 7.09. The van der Waals surface area contributed by atoms with E-state index in [1.807, 2.05) is 4.57 Å². The van der Waals surface area contributed by atoms with Crippen LogP contribution in [-0.2, 0) is 24.2 Å². The summed E-state index contributed by atoms with van der Waals surface area (Å²) >= 11 is 0. The summed E-state index contributed by atoms with van der Waals surface area (Å²) in [5, 5.41) is 11.7. The Morgan fingerprint density at radius 2 is 2.24 bits per heavy atom. The van der Waals surface area contributed by atoms with Crippen LogP contribution in [0.3, 0.4) is 0 Å². The fraction of sp³-hybridized carbons (Fsp3) is 0.312. The predicted molar refractivity (Wildman–Crippen MR) is 78.7 cm³/mol. The summed E-state index contributed by atoms with van der Waals surface area (Å²) in [5.74, 6) is -0.101. The van der Waals surface area contributed by atoms with Gasteiger partial charge in [0.25, 0.3) is 0 Å². The lowest BCUT2D eigenvalue weighted by Crippen LogP contribution is -2.20. The number of carbonyl (C=O) groups is 1. The van der Waals surface area contributed by atoms with Gasteiger partial charge in [0.1, 0.15) is 6.54 Å². The molecule has 1 heterocycles. The number of nitrogens with zero attached hydrogens (tertiary/aromatic N) is 3. The number of nitriles is 1. The minimum Gasteiger partial charge on any atom is -0.325 e. The Bertz CT molecular complexity index is 711. The molecular formula is C16H16N4O. The summed E-state index contributed by atoms with van der Waals surface area (Å²) in [5.41, 5.74) is 3.49. The molecule has 1 amide bonds. The zero-order valence-electron chi connectivity index (χ0n) is 11.7. The van der Waals surface area contributed by atoms with Gasteiger partial charge < -0.3 is 9.88 Å². The Kier molecular flexibility index (Phi) is 3.69. The van der Waals surface area contributed by atoms with E-state index in [0.717, 1.165) is 25.0 Å². The van der Waals surface area contributed by atoms with E-state index in [9.17, 15) is 4.79 Å². The van der Waals surface area contributed by atoms with E-state index in [2.05, 4.69) is 16.4 Å². The number of amides is 1. The topological polar surface area (TPSA) is 70.7 Å². The highest BCUT2D eigenvalue weighted by molar-refractivity contribution is 5.90. The van der Waals surface area contributed by atoms with E-state index < -0.39 is 0 Å². The highest BCUT2D eigenvalue weighted by Gasteiger charge is 2.16. The first-order chi connectivity index (χ1) is 10.3. The maximum atomic E-state index is 12.1. The van der Waals surface area contributed by atoms with Crippen LogP contribution < -0.4 is 5.32 Å². The molecule has 21 heavy (non-hydrogen) atoms. The van der Waals surface area contributed by atoms with E-state index in [0.29, 0.717) is 11.3 Å². The number of fused-ring (bicyclic) bond motifs is 1. The smallest absolute Gasteiger partial charge is 0.244 e. The van der Waals surface area contributed by atoms with Crippen molar-refractivity contribution in [3.63, 3.8) is 0 Å². The first kappa shape index (κ1) is 13.4. The molecule has 0 aliphatic heterocycles. The Hall–Kier alpha value is -2.61. The normalized spacial score (nSPS) is 13.3. The number of hydrogen-bond acceptors (Lipinski definition) is 3. The number of aromatic nitrogens is 2. The third-order valence-electron chi connectivity index (χ3n) is 3.70. The molecule has 0 radical (unpaired) electrons. The SMILES string of the molecule is N#Cc1cccc(NC(=O)Cn2cnc3c2CCCC3)c1. The van der Waals surface area contributed by atoms with Crippen LogP contribution in [0.2, 0.25) is 0 Å². The van der Waals surface area contributed by atoms with Crippen LogP contribution in [0, 0.1) is 11.3 Å². The average Bonchev–Trinajstić information content (AvgIpc) is 2.91. The van der Waals surface area contributed by atoms with E-state index in [-0.39, 0.29) is 12.5 Å². The highest BCUT2D eigenvalue weighted by atomic mass is 16.1. The van der Waals surface area contributed by atoms with Crippen molar-refractivity contribution < 1.29 is 4.79 Å². The standard InChI is InChI=1S/C16H16N4O/c17-9-12-4-3-5-13(8-12)19-16(21)10-20-11-18-14-6-1-2-7-15(14)20/h3-5,8,11H,1-2,6-7,10H2,(H,19,21). The minimum absolute atomic E-state index is 0.101. The van der Waals surface area contributed by atoms with Crippen molar-refractivity contribution in [3.05, 3.63) is 47.5 Å². The predicted octanol–water partition coefficient (Wildman–Crippen LogP) is 2.27. The van der Waals surface area contributed by atoms with Crippen LogP contribution in [0.15, 0.2) is 30.6 Å². The summed E-state index contributed by atoms with van der Waals surface area (Å²) < 4.78 is 1.93. The van der Waals surface area contributed by atoms with Crippen molar-refractivity contribution in [1.82, 2.24) is 9.55 Å². The van der Waals surface area contributed by atoms with Crippen molar-refractivity contribution in [2.45, 2.75) is 32.2 Å². The lowest BCUT2D eigenvalue weighted by Gasteiger charge is -2.14. The Labute approximate surface area is 123 Å². The van der Waals surface area contributed by atoms with Gasteiger partial charge >= 0.3 is 0 Å². The average molecular weight is 280 g/mol. The Morgan fingerprint density at radius 3 is 3.10 bits per heavy atom. The Morgan fingerprint density at radius 1 is 1.38 bits per heavy atom. The quantitative estimate of drug-likeness (QED) is 0.937. The molecule has 0 fully saturated rings. The van der Waals surface area contributed by atoms with Crippen LogP contribution in [0.4, 0.5) is 5.69 Å². The number of benzene rings is 1. The van der Waals surface area contributed by atoms with Crippen molar-refractivity contribution in [2.24, 2.45) is 0 Å². The van der Waals surface area contributed by atoms with Gasteiger partial charge in [0.05, 0.1) is 23.7 Å². The molecule has 3 rings (SSSR count). The molecule has 1 aromatic carbocycles. The van der Waals surface area contributed by atoms with Crippen LogP contribution in [0.25, 0.3) is 0 Å². The fourth-order valence-corrected chi connectivity index (χ4v) is 2.69. The molecule has 0 saturated carbocycles. The first-order valence-electron chi connectivity index (χ1n) is 7.09.